The summed E-state index contributed by atoms with van der Waals surface area (Å²) in [5.41, 5.74) is 0. The number of carbonyl (C=O) groups is 1. The quantitative estimate of drug-likeness (QED) is 0.753. The molecule has 0 unspecified atom stereocenters. The first-order valence-corrected chi connectivity index (χ1v) is 8.69. The van der Waals surface area contributed by atoms with Gasteiger partial charge in [-0.05, 0) is 36.6 Å². The fraction of sp³-hybridized carbons (Fsp3) is 0.867. The highest BCUT2D eigenvalue weighted by atomic mass is 16.2. The summed E-state index contributed by atoms with van der Waals surface area (Å²) >= 11 is 0. The number of tetrazole rings is 1. The van der Waals surface area contributed by atoms with Gasteiger partial charge in [0.1, 0.15) is 0 Å². The molecule has 2 fully saturated rings. The van der Waals surface area contributed by atoms with Crippen LogP contribution >= 0.6 is 0 Å². The highest BCUT2D eigenvalue weighted by Crippen LogP contribution is 2.19. The molecule has 1 N–H and O–H groups in total. The van der Waals surface area contributed by atoms with Crippen molar-refractivity contribution < 1.29 is 4.79 Å². The second-order valence-electron chi connectivity index (χ2n) is 6.59. The van der Waals surface area contributed by atoms with Crippen molar-refractivity contribution in [1.82, 2.24) is 35.3 Å². The van der Waals surface area contributed by atoms with Crippen LogP contribution in [0.25, 0.3) is 0 Å². The van der Waals surface area contributed by atoms with E-state index >= 15 is 0 Å². The van der Waals surface area contributed by atoms with Crippen molar-refractivity contribution in [3.05, 3.63) is 5.82 Å². The molecule has 1 saturated carbocycles. The molecule has 128 valence electrons. The number of amides is 1. The number of hydrogen-bond donors (Lipinski definition) is 1. The first kappa shape index (κ1) is 16.3. The van der Waals surface area contributed by atoms with E-state index in [9.17, 15) is 4.79 Å². The van der Waals surface area contributed by atoms with E-state index in [-0.39, 0.29) is 11.9 Å². The highest BCUT2D eigenvalue weighted by Gasteiger charge is 2.30. The Kier molecular flexibility index (Phi) is 5.22. The lowest BCUT2D eigenvalue weighted by atomic mass is 10.2. The summed E-state index contributed by atoms with van der Waals surface area (Å²) in [4.78, 5) is 16.8. The van der Waals surface area contributed by atoms with Crippen LogP contribution in [0.15, 0.2) is 0 Å². The molecule has 3 rings (SSSR count). The Bertz CT molecular complexity index is 520. The van der Waals surface area contributed by atoms with E-state index in [1.54, 1.807) is 0 Å². The largest absolute Gasteiger partial charge is 0.352 e. The predicted octanol–water partition coefficient (Wildman–Crippen LogP) is -0.132. The summed E-state index contributed by atoms with van der Waals surface area (Å²) in [7, 11) is 0. The van der Waals surface area contributed by atoms with Gasteiger partial charge in [-0.15, -0.1) is 5.10 Å². The van der Waals surface area contributed by atoms with Crippen LogP contribution in [0.2, 0.25) is 0 Å². The Balaban J connectivity index is 1.46. The Hall–Kier alpha value is -1.54. The molecule has 0 radical (unpaired) electrons. The van der Waals surface area contributed by atoms with Gasteiger partial charge in [0.05, 0.1) is 12.6 Å². The van der Waals surface area contributed by atoms with Crippen molar-refractivity contribution in [2.75, 3.05) is 26.2 Å². The summed E-state index contributed by atoms with van der Waals surface area (Å²) < 4.78 is 1.89. The lowest BCUT2D eigenvalue weighted by Crippen LogP contribution is -2.54. The normalized spacial score (nSPS) is 21.3. The van der Waals surface area contributed by atoms with Crippen LogP contribution in [0, 0.1) is 0 Å². The first-order chi connectivity index (χ1) is 11.2. The number of piperazine rings is 1. The van der Waals surface area contributed by atoms with Crippen LogP contribution < -0.4 is 5.32 Å². The molecule has 8 heteroatoms. The zero-order chi connectivity index (χ0) is 16.2. The van der Waals surface area contributed by atoms with Gasteiger partial charge in [0.2, 0.25) is 5.91 Å². The average molecular weight is 321 g/mol. The van der Waals surface area contributed by atoms with Gasteiger partial charge in [0.25, 0.3) is 0 Å². The molecule has 0 bridgehead atoms. The standard InChI is InChI=1S/C15H27N7O/c1-3-6-22-14(17-18-19-22)11-20-7-9-21(10-8-20)12(2)15(23)16-13-4-5-13/h12-13H,3-11H2,1-2H3,(H,16,23)/t12-/m1/s1. The van der Waals surface area contributed by atoms with Crippen molar-refractivity contribution in [3.63, 3.8) is 0 Å². The summed E-state index contributed by atoms with van der Waals surface area (Å²) in [6, 6.07) is 0.395. The minimum atomic E-state index is -0.0387. The van der Waals surface area contributed by atoms with Crippen LogP contribution in [0.1, 0.15) is 38.9 Å². The second-order valence-corrected chi connectivity index (χ2v) is 6.59. The summed E-state index contributed by atoms with van der Waals surface area (Å²) in [6.07, 6.45) is 3.30. The molecule has 1 saturated heterocycles. The zero-order valence-corrected chi connectivity index (χ0v) is 14.1. The molecule has 8 nitrogen and oxygen atoms in total. The van der Waals surface area contributed by atoms with E-state index in [0.717, 1.165) is 64.4 Å². The van der Waals surface area contributed by atoms with Crippen LogP contribution in [-0.2, 0) is 17.9 Å². The van der Waals surface area contributed by atoms with Gasteiger partial charge in [-0.3, -0.25) is 14.6 Å². The number of carbonyl (C=O) groups excluding carboxylic acids is 1. The Morgan fingerprint density at radius 3 is 2.70 bits per heavy atom. The topological polar surface area (TPSA) is 79.2 Å². The SMILES string of the molecule is CCCn1nnnc1CN1CCN([C@H](C)C(=O)NC2CC2)CC1. The number of aryl methyl sites for hydroxylation is 1. The van der Waals surface area contributed by atoms with Gasteiger partial charge in [-0.1, -0.05) is 6.92 Å². The molecule has 1 atom stereocenters. The van der Waals surface area contributed by atoms with Crippen LogP contribution in [0.3, 0.4) is 0 Å². The van der Waals surface area contributed by atoms with Gasteiger partial charge in [-0.2, -0.15) is 0 Å². The molecule has 23 heavy (non-hydrogen) atoms. The Labute approximate surface area is 137 Å². The maximum absolute atomic E-state index is 12.2. The third kappa shape index (κ3) is 4.26. The van der Waals surface area contributed by atoms with Crippen molar-refractivity contribution >= 4 is 5.91 Å². The molecule has 1 aromatic rings. The smallest absolute Gasteiger partial charge is 0.237 e. The maximum Gasteiger partial charge on any atom is 0.237 e. The van der Waals surface area contributed by atoms with Crippen molar-refractivity contribution in [3.8, 4) is 0 Å². The van der Waals surface area contributed by atoms with E-state index in [1.807, 2.05) is 11.6 Å². The minimum absolute atomic E-state index is 0.0387. The monoisotopic (exact) mass is 321 g/mol. The number of rotatable bonds is 7. The highest BCUT2D eigenvalue weighted by molar-refractivity contribution is 5.81. The molecule has 1 aliphatic carbocycles. The third-order valence-electron chi connectivity index (χ3n) is 4.66. The van der Waals surface area contributed by atoms with Crippen LogP contribution in [0.5, 0.6) is 0 Å². The minimum Gasteiger partial charge on any atom is -0.352 e. The van der Waals surface area contributed by atoms with Crippen molar-refractivity contribution in [1.29, 1.82) is 0 Å². The van der Waals surface area contributed by atoms with Crippen LogP contribution in [0.4, 0.5) is 0 Å². The molecule has 1 aromatic heterocycles. The molecule has 0 aromatic carbocycles. The zero-order valence-electron chi connectivity index (χ0n) is 14.1. The fourth-order valence-electron chi connectivity index (χ4n) is 2.95. The van der Waals surface area contributed by atoms with Gasteiger partial charge in [-0.25, -0.2) is 4.68 Å². The van der Waals surface area contributed by atoms with Gasteiger partial charge in [0.15, 0.2) is 5.82 Å². The van der Waals surface area contributed by atoms with Gasteiger partial charge in [0, 0.05) is 38.8 Å². The van der Waals surface area contributed by atoms with E-state index in [1.165, 1.54) is 0 Å². The predicted molar refractivity (Wildman–Crippen MR) is 85.6 cm³/mol. The Morgan fingerprint density at radius 2 is 2.04 bits per heavy atom. The van der Waals surface area contributed by atoms with Crippen molar-refractivity contribution in [2.45, 2.75) is 58.3 Å². The summed E-state index contributed by atoms with van der Waals surface area (Å²) in [5.74, 6) is 1.10. The van der Waals surface area contributed by atoms with E-state index < -0.39 is 0 Å². The lowest BCUT2D eigenvalue weighted by molar-refractivity contribution is -0.126. The van der Waals surface area contributed by atoms with Crippen molar-refractivity contribution in [2.24, 2.45) is 0 Å². The maximum atomic E-state index is 12.2. The van der Waals surface area contributed by atoms with E-state index in [0.29, 0.717) is 6.04 Å². The van der Waals surface area contributed by atoms with Gasteiger partial charge >= 0.3 is 0 Å². The number of aromatic nitrogens is 4. The summed E-state index contributed by atoms with van der Waals surface area (Å²) in [5, 5.41) is 15.0. The molecule has 2 heterocycles. The molecule has 2 aliphatic rings. The number of nitrogens with zero attached hydrogens (tertiary/aromatic N) is 6. The molecule has 1 amide bonds. The van der Waals surface area contributed by atoms with Crippen LogP contribution in [-0.4, -0.2) is 74.2 Å². The fourth-order valence-corrected chi connectivity index (χ4v) is 2.95. The first-order valence-electron chi connectivity index (χ1n) is 8.69. The van der Waals surface area contributed by atoms with E-state index in [4.69, 9.17) is 0 Å². The van der Waals surface area contributed by atoms with E-state index in [2.05, 4.69) is 37.6 Å². The third-order valence-corrected chi connectivity index (χ3v) is 4.66. The second kappa shape index (κ2) is 7.35. The number of nitrogens with one attached hydrogen (secondary N) is 1. The molecule has 0 spiro atoms. The van der Waals surface area contributed by atoms with Gasteiger partial charge < -0.3 is 5.32 Å². The number of hydrogen-bond acceptors (Lipinski definition) is 6. The molecular formula is C15H27N7O. The average Bonchev–Trinajstić information content (AvgIpc) is 3.27. The Morgan fingerprint density at radius 1 is 1.30 bits per heavy atom. The molecular weight excluding hydrogens is 294 g/mol. The lowest BCUT2D eigenvalue weighted by Gasteiger charge is -2.37. The molecule has 1 aliphatic heterocycles. The summed E-state index contributed by atoms with van der Waals surface area (Å²) in [6.45, 7) is 9.49.